The highest BCUT2D eigenvalue weighted by atomic mass is 19.1. The van der Waals surface area contributed by atoms with Crippen LogP contribution in [0.3, 0.4) is 0 Å². The minimum Gasteiger partial charge on any atom is -0.297 e. The Morgan fingerprint density at radius 1 is 0.833 bits per heavy atom. The Kier molecular flexibility index (Phi) is 6.73. The normalized spacial score (nSPS) is 16.7. The smallest absolute Gasteiger partial charge is 0.131 e. The molecule has 3 aromatic rings. The zero-order valence-corrected chi connectivity index (χ0v) is 17.5. The summed E-state index contributed by atoms with van der Waals surface area (Å²) in [4.78, 5) is 5.04. The Bertz CT molecular complexity index is 958. The first-order chi connectivity index (χ1) is 14.7. The third-order valence-corrected chi connectivity index (χ3v) is 6.01. The van der Waals surface area contributed by atoms with E-state index in [4.69, 9.17) is 0 Å². The fourth-order valence-corrected chi connectivity index (χ4v) is 4.08. The molecule has 1 aliphatic heterocycles. The molecule has 1 heterocycles. The molecule has 2 nitrogen and oxygen atoms in total. The van der Waals surface area contributed by atoms with Gasteiger partial charge in [-0.25, -0.2) is 4.39 Å². The summed E-state index contributed by atoms with van der Waals surface area (Å²) in [7, 11) is 0. The fourth-order valence-electron chi connectivity index (χ4n) is 4.08. The van der Waals surface area contributed by atoms with Crippen LogP contribution in [0.2, 0.25) is 0 Å². The third-order valence-electron chi connectivity index (χ3n) is 6.01. The Hall–Kier alpha value is -2.75. The van der Waals surface area contributed by atoms with Crippen molar-refractivity contribution in [2.75, 3.05) is 32.7 Å². The summed E-state index contributed by atoms with van der Waals surface area (Å²) in [5, 5.41) is 0. The predicted molar refractivity (Wildman–Crippen MR) is 124 cm³/mol. The van der Waals surface area contributed by atoms with Gasteiger partial charge in [-0.05, 0) is 29.7 Å². The highest BCUT2D eigenvalue weighted by Crippen LogP contribution is 2.27. The summed E-state index contributed by atoms with van der Waals surface area (Å²) in [5.74, 6) is -0.171. The molecule has 0 aliphatic carbocycles. The average Bonchev–Trinajstić information content (AvgIpc) is 2.80. The second-order valence-electron chi connectivity index (χ2n) is 7.93. The van der Waals surface area contributed by atoms with Crippen molar-refractivity contribution < 1.29 is 4.39 Å². The molecular formula is C27H29FN2. The number of benzene rings is 3. The first kappa shape index (κ1) is 20.5. The number of rotatable bonds is 6. The third kappa shape index (κ3) is 5.05. The van der Waals surface area contributed by atoms with Gasteiger partial charge in [-0.15, -0.1) is 0 Å². The van der Waals surface area contributed by atoms with Crippen LogP contribution in [0, 0.1) is 5.82 Å². The van der Waals surface area contributed by atoms with Crippen LogP contribution in [-0.2, 0) is 0 Å². The van der Waals surface area contributed by atoms with Crippen molar-refractivity contribution in [2.45, 2.75) is 13.0 Å². The van der Waals surface area contributed by atoms with E-state index in [1.54, 1.807) is 6.07 Å². The van der Waals surface area contributed by atoms with Crippen molar-refractivity contribution in [2.24, 2.45) is 0 Å². The van der Waals surface area contributed by atoms with Gasteiger partial charge < -0.3 is 0 Å². The molecule has 1 aliphatic rings. The largest absolute Gasteiger partial charge is 0.297 e. The molecule has 0 bridgehead atoms. The Morgan fingerprint density at radius 2 is 1.50 bits per heavy atom. The number of hydrogen-bond donors (Lipinski definition) is 0. The van der Waals surface area contributed by atoms with Gasteiger partial charge in [0.25, 0.3) is 0 Å². The molecule has 30 heavy (non-hydrogen) atoms. The Balaban J connectivity index is 1.30. The zero-order valence-electron chi connectivity index (χ0n) is 17.5. The summed E-state index contributed by atoms with van der Waals surface area (Å²) in [6.45, 7) is 7.55. The molecular weight excluding hydrogens is 371 g/mol. The van der Waals surface area contributed by atoms with Crippen LogP contribution in [0.4, 0.5) is 4.39 Å². The van der Waals surface area contributed by atoms with E-state index < -0.39 is 0 Å². The molecule has 0 radical (unpaired) electrons. The Morgan fingerprint density at radius 3 is 2.20 bits per heavy atom. The molecule has 0 spiro atoms. The zero-order chi connectivity index (χ0) is 20.8. The summed E-state index contributed by atoms with van der Waals surface area (Å²) in [6.07, 6.45) is 4.46. The highest BCUT2D eigenvalue weighted by molar-refractivity contribution is 5.64. The molecule has 1 atom stereocenters. The molecule has 3 aromatic carbocycles. The van der Waals surface area contributed by atoms with Crippen molar-refractivity contribution in [3.05, 3.63) is 102 Å². The SMILES string of the molecule is CC(c1ccc(-c2ccccc2F)cc1)N1CCN(CC=Cc2ccccc2)CC1. The van der Waals surface area contributed by atoms with Gasteiger partial charge in [0.1, 0.15) is 5.82 Å². The number of piperazine rings is 1. The Labute approximate surface area is 179 Å². The van der Waals surface area contributed by atoms with Crippen molar-refractivity contribution in [1.29, 1.82) is 0 Å². The minimum atomic E-state index is -0.171. The van der Waals surface area contributed by atoms with E-state index in [1.165, 1.54) is 17.2 Å². The van der Waals surface area contributed by atoms with Crippen LogP contribution in [0.25, 0.3) is 17.2 Å². The molecule has 0 saturated carbocycles. The van der Waals surface area contributed by atoms with E-state index in [2.05, 4.69) is 65.3 Å². The second-order valence-corrected chi connectivity index (χ2v) is 7.93. The molecule has 4 rings (SSSR count). The molecule has 0 N–H and O–H groups in total. The van der Waals surface area contributed by atoms with E-state index in [-0.39, 0.29) is 5.82 Å². The first-order valence-corrected chi connectivity index (χ1v) is 10.7. The van der Waals surface area contributed by atoms with Crippen LogP contribution in [0.15, 0.2) is 84.9 Å². The number of hydrogen-bond acceptors (Lipinski definition) is 2. The molecule has 1 fully saturated rings. The van der Waals surface area contributed by atoms with Gasteiger partial charge in [0, 0.05) is 44.3 Å². The van der Waals surface area contributed by atoms with Crippen molar-refractivity contribution in [3.63, 3.8) is 0 Å². The van der Waals surface area contributed by atoms with Gasteiger partial charge in [-0.3, -0.25) is 9.80 Å². The maximum atomic E-state index is 14.0. The van der Waals surface area contributed by atoms with Gasteiger partial charge in [0.2, 0.25) is 0 Å². The average molecular weight is 401 g/mol. The molecule has 0 aromatic heterocycles. The summed E-state index contributed by atoms with van der Waals surface area (Å²) < 4.78 is 14.0. The van der Waals surface area contributed by atoms with Crippen molar-refractivity contribution >= 4 is 6.08 Å². The second kappa shape index (κ2) is 9.84. The van der Waals surface area contributed by atoms with Crippen LogP contribution in [-0.4, -0.2) is 42.5 Å². The lowest BCUT2D eigenvalue weighted by atomic mass is 10.00. The van der Waals surface area contributed by atoms with Gasteiger partial charge in [0.15, 0.2) is 0 Å². The van der Waals surface area contributed by atoms with E-state index in [1.807, 2.05) is 30.3 Å². The maximum Gasteiger partial charge on any atom is 0.131 e. The topological polar surface area (TPSA) is 6.48 Å². The van der Waals surface area contributed by atoms with E-state index in [0.717, 1.165) is 38.3 Å². The van der Waals surface area contributed by atoms with Gasteiger partial charge >= 0.3 is 0 Å². The molecule has 1 saturated heterocycles. The molecule has 154 valence electrons. The van der Waals surface area contributed by atoms with Gasteiger partial charge in [-0.1, -0.05) is 84.9 Å². The van der Waals surface area contributed by atoms with Crippen LogP contribution < -0.4 is 0 Å². The summed E-state index contributed by atoms with van der Waals surface area (Å²) in [5.41, 5.74) is 4.13. The van der Waals surface area contributed by atoms with Crippen molar-refractivity contribution in [3.8, 4) is 11.1 Å². The summed E-state index contributed by atoms with van der Waals surface area (Å²) >= 11 is 0. The van der Waals surface area contributed by atoms with Crippen LogP contribution >= 0.6 is 0 Å². The standard InChI is InChI=1S/C27H29FN2/c1-22(24-13-15-25(16-14-24)26-11-5-6-12-27(26)28)30-20-18-29(19-21-30)17-7-10-23-8-3-2-4-9-23/h2-16,22H,17-21H2,1H3. The summed E-state index contributed by atoms with van der Waals surface area (Å²) in [6, 6.07) is 26.1. The highest BCUT2D eigenvalue weighted by Gasteiger charge is 2.21. The lowest BCUT2D eigenvalue weighted by Crippen LogP contribution is -2.47. The fraction of sp³-hybridized carbons (Fsp3) is 0.259. The lowest BCUT2D eigenvalue weighted by molar-refractivity contribution is 0.110. The minimum absolute atomic E-state index is 0.171. The van der Waals surface area contributed by atoms with Gasteiger partial charge in [-0.2, -0.15) is 0 Å². The quantitative estimate of drug-likeness (QED) is 0.509. The van der Waals surface area contributed by atoms with Gasteiger partial charge in [0.05, 0.1) is 0 Å². The maximum absolute atomic E-state index is 14.0. The molecule has 0 amide bonds. The van der Waals surface area contributed by atoms with E-state index >= 15 is 0 Å². The van der Waals surface area contributed by atoms with E-state index in [9.17, 15) is 4.39 Å². The monoisotopic (exact) mass is 400 g/mol. The molecule has 1 unspecified atom stereocenters. The van der Waals surface area contributed by atoms with E-state index in [0.29, 0.717) is 11.6 Å². The number of nitrogens with zero attached hydrogens (tertiary/aromatic N) is 2. The predicted octanol–water partition coefficient (Wildman–Crippen LogP) is 5.88. The van der Waals surface area contributed by atoms with Crippen LogP contribution in [0.1, 0.15) is 24.1 Å². The number of halogens is 1. The van der Waals surface area contributed by atoms with Crippen molar-refractivity contribution in [1.82, 2.24) is 9.80 Å². The lowest BCUT2D eigenvalue weighted by Gasteiger charge is -2.38. The van der Waals surface area contributed by atoms with Crippen LogP contribution in [0.5, 0.6) is 0 Å². The first-order valence-electron chi connectivity index (χ1n) is 10.7. The molecule has 3 heteroatoms.